The number of nitrogens with one attached hydrogen (secondary N) is 3. The van der Waals surface area contributed by atoms with Gasteiger partial charge in [-0.2, -0.15) is 4.98 Å². The van der Waals surface area contributed by atoms with E-state index in [1.807, 2.05) is 4.90 Å². The zero-order chi connectivity index (χ0) is 32.9. The molecule has 0 saturated carbocycles. The number of hydrogen-bond donors (Lipinski definition) is 4. The average molecular weight is 673 g/mol. The zero-order valence-electron chi connectivity index (χ0n) is 25.6. The summed E-state index contributed by atoms with van der Waals surface area (Å²) in [4.78, 5) is 92.5. The van der Waals surface area contributed by atoms with E-state index in [-0.39, 0.29) is 57.5 Å². The Morgan fingerprint density at radius 1 is 1.15 bits per heavy atom. The number of carbonyl (C=O) groups excluding carboxylic acids is 4. The molecule has 16 nitrogen and oxygen atoms in total. The number of carboxylic acids is 1. The summed E-state index contributed by atoms with van der Waals surface area (Å²) in [5.41, 5.74) is -0.608. The third-order valence-corrected chi connectivity index (χ3v) is 9.90. The molecule has 1 unspecified atom stereocenters. The van der Waals surface area contributed by atoms with Crippen LogP contribution in [0.25, 0.3) is 11.0 Å². The van der Waals surface area contributed by atoms with Crippen LogP contribution in [0.3, 0.4) is 0 Å². The topological polar surface area (TPSA) is 221 Å². The van der Waals surface area contributed by atoms with Gasteiger partial charge in [0.1, 0.15) is 34.7 Å². The number of aromatic nitrogens is 3. The molecule has 3 aromatic rings. The van der Waals surface area contributed by atoms with E-state index < -0.39 is 57.4 Å². The number of benzene rings is 1. The predicted octanol–water partition coefficient (Wildman–Crippen LogP) is -4.22. The summed E-state index contributed by atoms with van der Waals surface area (Å²) in [6, 6.07) is 1.59. The van der Waals surface area contributed by atoms with Crippen molar-refractivity contribution < 1.29 is 63.7 Å². The molecule has 240 valence electrons. The summed E-state index contributed by atoms with van der Waals surface area (Å²) in [5.74, 6) is -3.40. The Bertz CT molecular complexity index is 1810. The van der Waals surface area contributed by atoms with E-state index in [4.69, 9.17) is 0 Å². The number of carboxylic acid groups (broad SMARTS) is 1. The third kappa shape index (κ3) is 6.27. The molecule has 0 bridgehead atoms. The number of fused-ring (bicyclic) bond motifs is 2. The Morgan fingerprint density at radius 3 is 2.47 bits per heavy atom. The number of anilines is 1. The van der Waals surface area contributed by atoms with Gasteiger partial charge < -0.3 is 40.5 Å². The van der Waals surface area contributed by atoms with E-state index in [2.05, 4.69) is 25.6 Å². The maximum atomic E-state index is 13.6. The van der Waals surface area contributed by atoms with Crippen LogP contribution in [0, 0.1) is 0 Å². The Labute approximate surface area is 293 Å². The minimum Gasteiger partial charge on any atom is -0.872 e. The number of carbonyl (C=O) groups is 5. The molecule has 47 heavy (non-hydrogen) atoms. The van der Waals surface area contributed by atoms with Crippen molar-refractivity contribution in [2.75, 3.05) is 31.1 Å². The van der Waals surface area contributed by atoms with Crippen molar-refractivity contribution in [2.24, 2.45) is 0 Å². The van der Waals surface area contributed by atoms with Crippen molar-refractivity contribution in [1.29, 1.82) is 0 Å². The Kier molecular flexibility index (Phi) is 9.54. The van der Waals surface area contributed by atoms with Gasteiger partial charge in [0.15, 0.2) is 0 Å². The van der Waals surface area contributed by atoms with Gasteiger partial charge >= 0.3 is 35.5 Å². The minimum atomic E-state index is -1.41. The fourth-order valence-electron chi connectivity index (χ4n) is 5.90. The fourth-order valence-corrected chi connectivity index (χ4v) is 7.53. The van der Waals surface area contributed by atoms with E-state index in [1.165, 1.54) is 53.3 Å². The van der Waals surface area contributed by atoms with E-state index in [0.717, 1.165) is 6.41 Å². The van der Waals surface area contributed by atoms with Crippen LogP contribution in [0.4, 0.5) is 5.95 Å². The Hall–Kier alpha value is -4.19. The summed E-state index contributed by atoms with van der Waals surface area (Å²) in [7, 11) is 0. The van der Waals surface area contributed by atoms with Crippen molar-refractivity contribution in [2.45, 2.75) is 42.1 Å². The molecule has 4 atom stereocenters. The number of amides is 4. The van der Waals surface area contributed by atoms with Crippen LogP contribution in [-0.4, -0.2) is 108 Å². The fraction of sp³-hybridized carbons (Fsp3) is 0.379. The summed E-state index contributed by atoms with van der Waals surface area (Å²) in [5, 5.41) is 26.0. The van der Waals surface area contributed by atoms with Crippen LogP contribution in [-0.2, 0) is 19.2 Å². The monoisotopic (exact) mass is 672 g/mol. The van der Waals surface area contributed by atoms with E-state index in [9.17, 15) is 39.0 Å². The maximum absolute atomic E-state index is 13.6. The second-order valence-electron chi connectivity index (χ2n) is 11.7. The first kappa shape index (κ1) is 34.2. The van der Waals surface area contributed by atoms with Gasteiger partial charge in [-0.1, -0.05) is 24.3 Å². The number of aliphatic carboxylic acids is 1. The molecule has 0 aliphatic carbocycles. The molecule has 18 heteroatoms. The summed E-state index contributed by atoms with van der Waals surface area (Å²) >= 11 is 1.25. The van der Waals surface area contributed by atoms with Crippen molar-refractivity contribution in [3.8, 4) is 5.75 Å². The Morgan fingerprint density at radius 2 is 1.83 bits per heavy atom. The Balaban J connectivity index is 0.00000433. The average Bonchev–Trinajstić information content (AvgIpc) is 3.30. The molecule has 5 heterocycles. The number of pyridine rings is 1. The van der Waals surface area contributed by atoms with Crippen LogP contribution in [0.5, 0.6) is 5.75 Å². The zero-order valence-corrected chi connectivity index (χ0v) is 28.4. The van der Waals surface area contributed by atoms with E-state index in [0.29, 0.717) is 32.1 Å². The van der Waals surface area contributed by atoms with Crippen molar-refractivity contribution >= 4 is 58.8 Å². The number of β-lactam (4-membered cyclic amide) rings is 1. The number of nitrogens with zero attached hydrogens (tertiary/aromatic N) is 5. The maximum Gasteiger partial charge on any atom is 1.00 e. The van der Waals surface area contributed by atoms with Crippen LogP contribution in [0.2, 0.25) is 0 Å². The number of hydrogen-bond acceptors (Lipinski definition) is 11. The number of rotatable bonds is 8. The van der Waals surface area contributed by atoms with Gasteiger partial charge in [-0.3, -0.25) is 24.0 Å². The molecule has 3 aliphatic heterocycles. The second kappa shape index (κ2) is 13.1. The van der Waals surface area contributed by atoms with Crippen molar-refractivity contribution in [3.63, 3.8) is 0 Å². The van der Waals surface area contributed by atoms with Crippen molar-refractivity contribution in [3.05, 3.63) is 58.0 Å². The smallest absolute Gasteiger partial charge is 0.872 e. The SMILES string of the molecule is CC1(C)S[C@@H]2[C@H](NC(=O)C(NC(=O)c3c[nH]c4nc(N5CCN(C=O)CC5)ncc4c3=O)c3ccc([O-])cc3)C(=O)N2[C@H]1C(=O)O.[Na+]. The second-order valence-corrected chi connectivity index (χ2v) is 13.4. The predicted molar refractivity (Wildman–Crippen MR) is 162 cm³/mol. The van der Waals surface area contributed by atoms with Crippen LogP contribution < -0.4 is 55.6 Å². The first-order valence-corrected chi connectivity index (χ1v) is 15.2. The molecule has 4 amide bonds. The summed E-state index contributed by atoms with van der Waals surface area (Å²) < 4.78 is -0.809. The molecule has 4 N–H and O–H groups in total. The molecule has 3 fully saturated rings. The van der Waals surface area contributed by atoms with Gasteiger partial charge in [-0.15, -0.1) is 17.5 Å². The molecule has 6 rings (SSSR count). The normalized spacial score (nSPS) is 22.0. The van der Waals surface area contributed by atoms with Gasteiger partial charge in [0, 0.05) is 43.3 Å². The molecule has 0 spiro atoms. The molecule has 0 radical (unpaired) electrons. The largest absolute Gasteiger partial charge is 1.00 e. The summed E-state index contributed by atoms with van der Waals surface area (Å²) in [6.07, 6.45) is 3.25. The van der Waals surface area contributed by atoms with Crippen LogP contribution in [0.15, 0.2) is 41.5 Å². The molecular formula is C29H29N8NaO8S. The number of thioether (sulfide) groups is 1. The van der Waals surface area contributed by atoms with Gasteiger partial charge in [-0.05, 0) is 19.4 Å². The van der Waals surface area contributed by atoms with Gasteiger partial charge in [0.2, 0.25) is 29.6 Å². The molecule has 3 aliphatic rings. The first-order chi connectivity index (χ1) is 21.9. The third-order valence-electron chi connectivity index (χ3n) is 8.33. The summed E-state index contributed by atoms with van der Waals surface area (Å²) in [6.45, 7) is 5.43. The number of piperazine rings is 1. The van der Waals surface area contributed by atoms with Gasteiger partial charge in [0.25, 0.3) is 5.91 Å². The molecule has 3 saturated heterocycles. The first-order valence-electron chi connectivity index (χ1n) is 14.3. The van der Waals surface area contributed by atoms with Crippen LogP contribution >= 0.6 is 11.8 Å². The van der Waals surface area contributed by atoms with Crippen molar-refractivity contribution in [1.82, 2.24) is 35.4 Å². The number of H-pyrrole nitrogens is 1. The minimum absolute atomic E-state index is 0. The van der Waals surface area contributed by atoms with E-state index in [1.54, 1.807) is 18.7 Å². The molecular weight excluding hydrogens is 643 g/mol. The van der Waals surface area contributed by atoms with Crippen LogP contribution in [0.1, 0.15) is 35.8 Å². The van der Waals surface area contributed by atoms with Gasteiger partial charge in [0.05, 0.1) is 5.39 Å². The molecule has 1 aromatic carbocycles. The standard InChI is InChI=1S/C29H30N8O8S.Na/c1-29(2)21(27(44)45)37-25(43)19(26(37)46-29)33-24(42)18(14-3-5-15(39)6-4-14)32-23(41)17-12-30-22-16(20(17)40)11-31-28(34-22)36-9-7-35(13-38)8-10-36;/h3-6,11-13,18-19,21,26,39H,7-10H2,1-2H3,(H,32,41)(H,33,42)(H,44,45)(H,30,31,34,40);/q;+1/p-1/t18?,19-,21+,26-;/m1./s1. The van der Waals surface area contributed by atoms with Gasteiger partial charge in [-0.25, -0.2) is 9.78 Å². The van der Waals surface area contributed by atoms with E-state index >= 15 is 0 Å². The number of aromatic amines is 1. The quantitative estimate of drug-likeness (QED) is 0.102. The molecule has 2 aromatic heterocycles.